The number of hydrogen-bond donors (Lipinski definition) is 2. The summed E-state index contributed by atoms with van der Waals surface area (Å²) in [6.45, 7) is 13.1. The molecule has 1 aromatic heterocycles. The second kappa shape index (κ2) is 12.1. The second-order valence-corrected chi connectivity index (χ2v) is 4.32. The van der Waals surface area contributed by atoms with E-state index in [0.29, 0.717) is 18.8 Å². The van der Waals surface area contributed by atoms with E-state index in [9.17, 15) is 9.90 Å². The average Bonchev–Trinajstić information content (AvgIpc) is 2.41. The largest absolute Gasteiger partial charge is 0.463 e. The zero-order valence-corrected chi connectivity index (χ0v) is 14.2. The average molecular weight is 299 g/mol. The molecule has 0 saturated heterocycles. The number of amides is 1. The SMILES string of the molecule is CC.CC.CC(=O)Nc1ccnc(OCCC(C)(C)O)n1. The quantitative estimate of drug-likeness (QED) is 0.873. The van der Waals surface area contributed by atoms with Gasteiger partial charge in [-0.1, -0.05) is 27.7 Å². The molecule has 122 valence electrons. The third-order valence-corrected chi connectivity index (χ3v) is 1.88. The number of aliphatic hydroxyl groups is 1. The van der Waals surface area contributed by atoms with Gasteiger partial charge in [-0.25, -0.2) is 4.98 Å². The number of carbonyl (C=O) groups is 1. The Kier molecular flexibility index (Phi) is 12.4. The molecule has 6 nitrogen and oxygen atoms in total. The van der Waals surface area contributed by atoms with Crippen LogP contribution in [-0.2, 0) is 4.79 Å². The Labute approximate surface area is 128 Å². The first kappa shape index (κ1) is 21.6. The lowest BCUT2D eigenvalue weighted by Crippen LogP contribution is -2.22. The first-order chi connectivity index (χ1) is 9.87. The van der Waals surface area contributed by atoms with Gasteiger partial charge in [0, 0.05) is 19.5 Å². The van der Waals surface area contributed by atoms with E-state index in [4.69, 9.17) is 4.74 Å². The van der Waals surface area contributed by atoms with Crippen LogP contribution in [-0.4, -0.2) is 33.2 Å². The lowest BCUT2D eigenvalue weighted by molar-refractivity contribution is -0.114. The lowest BCUT2D eigenvalue weighted by atomic mass is 10.1. The van der Waals surface area contributed by atoms with Gasteiger partial charge in [0.1, 0.15) is 5.82 Å². The molecule has 0 aromatic carbocycles. The Bertz CT molecular complexity index is 390. The van der Waals surface area contributed by atoms with Crippen molar-refractivity contribution in [2.75, 3.05) is 11.9 Å². The Morgan fingerprint density at radius 3 is 2.38 bits per heavy atom. The lowest BCUT2D eigenvalue weighted by Gasteiger charge is -2.16. The molecule has 0 saturated carbocycles. The normalized spacial score (nSPS) is 9.52. The van der Waals surface area contributed by atoms with Crippen LogP contribution in [0.1, 0.15) is 54.9 Å². The molecule has 6 heteroatoms. The van der Waals surface area contributed by atoms with E-state index in [1.54, 1.807) is 19.9 Å². The van der Waals surface area contributed by atoms with Crippen LogP contribution in [0.5, 0.6) is 6.01 Å². The minimum Gasteiger partial charge on any atom is -0.463 e. The number of hydrogen-bond acceptors (Lipinski definition) is 5. The predicted molar refractivity (Wildman–Crippen MR) is 85.4 cm³/mol. The summed E-state index contributed by atoms with van der Waals surface area (Å²) in [4.78, 5) is 18.7. The summed E-state index contributed by atoms with van der Waals surface area (Å²) in [5.74, 6) is 0.192. The van der Waals surface area contributed by atoms with Crippen LogP contribution < -0.4 is 10.1 Å². The van der Waals surface area contributed by atoms with E-state index >= 15 is 0 Å². The standard InChI is InChI=1S/C11H17N3O3.2C2H6/c1-8(15)13-9-4-6-12-10(14-9)17-7-5-11(2,3)16;2*1-2/h4,6,16H,5,7H2,1-3H3,(H,12,13,14,15);2*1-2H3. The summed E-state index contributed by atoms with van der Waals surface area (Å²) < 4.78 is 5.27. The van der Waals surface area contributed by atoms with Crippen LogP contribution in [0, 0.1) is 0 Å². The van der Waals surface area contributed by atoms with Gasteiger partial charge >= 0.3 is 6.01 Å². The number of rotatable bonds is 5. The van der Waals surface area contributed by atoms with Crippen molar-refractivity contribution in [2.45, 2.75) is 60.5 Å². The number of aromatic nitrogens is 2. The van der Waals surface area contributed by atoms with Crippen LogP contribution in [0.3, 0.4) is 0 Å². The highest BCUT2D eigenvalue weighted by molar-refractivity contribution is 5.87. The second-order valence-electron chi connectivity index (χ2n) is 4.32. The zero-order chi connectivity index (χ0) is 16.9. The number of ether oxygens (including phenoxy) is 1. The molecule has 0 fully saturated rings. The molecule has 0 unspecified atom stereocenters. The van der Waals surface area contributed by atoms with Gasteiger partial charge in [0.15, 0.2) is 0 Å². The highest BCUT2D eigenvalue weighted by atomic mass is 16.5. The van der Waals surface area contributed by atoms with E-state index in [-0.39, 0.29) is 11.9 Å². The van der Waals surface area contributed by atoms with Crippen LogP contribution in [0.15, 0.2) is 12.3 Å². The molecule has 0 radical (unpaired) electrons. The first-order valence-corrected chi connectivity index (χ1v) is 7.33. The van der Waals surface area contributed by atoms with Crippen LogP contribution in [0.2, 0.25) is 0 Å². The van der Waals surface area contributed by atoms with Gasteiger partial charge in [0.2, 0.25) is 5.91 Å². The number of anilines is 1. The van der Waals surface area contributed by atoms with E-state index in [2.05, 4.69) is 15.3 Å². The molecule has 0 bridgehead atoms. The van der Waals surface area contributed by atoms with E-state index in [1.165, 1.54) is 13.1 Å². The molecule has 1 heterocycles. The number of carbonyl (C=O) groups excluding carboxylic acids is 1. The summed E-state index contributed by atoms with van der Waals surface area (Å²) in [5, 5.41) is 12.0. The minimum atomic E-state index is -0.782. The van der Waals surface area contributed by atoms with E-state index < -0.39 is 5.60 Å². The predicted octanol–water partition coefficient (Wildman–Crippen LogP) is 3.03. The van der Waals surface area contributed by atoms with Crippen LogP contribution >= 0.6 is 0 Å². The molecule has 0 aliphatic carbocycles. The first-order valence-electron chi connectivity index (χ1n) is 7.33. The van der Waals surface area contributed by atoms with Gasteiger partial charge in [0.05, 0.1) is 12.2 Å². The molecule has 1 rings (SSSR count). The molecule has 0 spiro atoms. The zero-order valence-electron chi connectivity index (χ0n) is 14.2. The molecule has 2 N–H and O–H groups in total. The minimum absolute atomic E-state index is 0.181. The van der Waals surface area contributed by atoms with Gasteiger partial charge in [-0.3, -0.25) is 4.79 Å². The van der Waals surface area contributed by atoms with Crippen molar-refractivity contribution in [3.8, 4) is 6.01 Å². The van der Waals surface area contributed by atoms with Crippen LogP contribution in [0.4, 0.5) is 5.82 Å². The van der Waals surface area contributed by atoms with Crippen molar-refractivity contribution in [1.82, 2.24) is 9.97 Å². The third kappa shape index (κ3) is 13.1. The maximum Gasteiger partial charge on any atom is 0.318 e. The summed E-state index contributed by atoms with van der Waals surface area (Å²) in [6, 6.07) is 1.75. The number of nitrogens with one attached hydrogen (secondary N) is 1. The Balaban J connectivity index is 0. The van der Waals surface area contributed by atoms with Crippen LogP contribution in [0.25, 0.3) is 0 Å². The van der Waals surface area contributed by atoms with Crippen molar-refractivity contribution in [3.05, 3.63) is 12.3 Å². The van der Waals surface area contributed by atoms with E-state index in [0.717, 1.165) is 0 Å². The Morgan fingerprint density at radius 1 is 1.33 bits per heavy atom. The molecule has 0 aliphatic rings. The fourth-order valence-corrected chi connectivity index (χ4v) is 1.05. The maximum atomic E-state index is 10.8. The highest BCUT2D eigenvalue weighted by Crippen LogP contribution is 2.10. The summed E-state index contributed by atoms with van der Waals surface area (Å²) in [7, 11) is 0. The molecule has 1 amide bonds. The van der Waals surface area contributed by atoms with Gasteiger partial charge in [-0.05, 0) is 19.9 Å². The van der Waals surface area contributed by atoms with Crippen molar-refractivity contribution in [2.24, 2.45) is 0 Å². The van der Waals surface area contributed by atoms with Crippen molar-refractivity contribution < 1.29 is 14.6 Å². The van der Waals surface area contributed by atoms with Gasteiger partial charge in [0.25, 0.3) is 0 Å². The topological polar surface area (TPSA) is 84.3 Å². The van der Waals surface area contributed by atoms with E-state index in [1.807, 2.05) is 27.7 Å². The monoisotopic (exact) mass is 299 g/mol. The number of nitrogens with zero attached hydrogens (tertiary/aromatic N) is 2. The van der Waals surface area contributed by atoms with Crippen molar-refractivity contribution >= 4 is 11.7 Å². The van der Waals surface area contributed by atoms with Gasteiger partial charge in [-0.15, -0.1) is 0 Å². The highest BCUT2D eigenvalue weighted by Gasteiger charge is 2.12. The van der Waals surface area contributed by atoms with Crippen molar-refractivity contribution in [1.29, 1.82) is 0 Å². The summed E-state index contributed by atoms with van der Waals surface area (Å²) >= 11 is 0. The molecule has 0 atom stereocenters. The molecular formula is C15H29N3O3. The third-order valence-electron chi connectivity index (χ3n) is 1.88. The van der Waals surface area contributed by atoms with Gasteiger partial charge in [-0.2, -0.15) is 4.98 Å². The molecule has 0 aliphatic heterocycles. The van der Waals surface area contributed by atoms with Gasteiger partial charge < -0.3 is 15.2 Å². The summed E-state index contributed by atoms with van der Waals surface area (Å²) in [6.07, 6.45) is 1.97. The fourth-order valence-electron chi connectivity index (χ4n) is 1.05. The van der Waals surface area contributed by atoms with Crippen molar-refractivity contribution in [3.63, 3.8) is 0 Å². The molecule has 21 heavy (non-hydrogen) atoms. The molecular weight excluding hydrogens is 270 g/mol. The summed E-state index contributed by atoms with van der Waals surface area (Å²) in [5.41, 5.74) is -0.782. The Morgan fingerprint density at radius 2 is 1.90 bits per heavy atom. The molecule has 1 aromatic rings. The Hall–Kier alpha value is -1.69. The fraction of sp³-hybridized carbons (Fsp3) is 0.667. The smallest absolute Gasteiger partial charge is 0.318 e. The maximum absolute atomic E-state index is 10.8.